The third-order valence-electron chi connectivity index (χ3n) is 4.98. The average molecular weight is 272 g/mol. The highest BCUT2D eigenvalue weighted by molar-refractivity contribution is 6.03. The molecule has 0 radical (unpaired) electrons. The molecule has 0 aliphatic heterocycles. The Balaban J connectivity index is 2.20. The molecule has 0 aromatic heterocycles. The van der Waals surface area contributed by atoms with E-state index in [1.165, 1.54) is 5.56 Å². The van der Waals surface area contributed by atoms with Gasteiger partial charge in [0.15, 0.2) is 5.78 Å². The fourth-order valence-corrected chi connectivity index (χ4v) is 3.62. The van der Waals surface area contributed by atoms with Gasteiger partial charge in [0.2, 0.25) is 0 Å². The van der Waals surface area contributed by atoms with Crippen LogP contribution in [0.25, 0.3) is 5.57 Å². The van der Waals surface area contributed by atoms with Crippen LogP contribution in [0.5, 0.6) is 5.75 Å². The lowest BCUT2D eigenvalue weighted by Gasteiger charge is -2.44. The monoisotopic (exact) mass is 272 g/mol. The van der Waals surface area contributed by atoms with Crippen LogP contribution in [0.3, 0.4) is 0 Å². The molecule has 3 heteroatoms. The zero-order chi connectivity index (χ0) is 14.7. The second-order valence-corrected chi connectivity index (χ2v) is 6.61. The molecule has 3 rings (SSSR count). The number of aliphatic hydroxyl groups is 1. The molecule has 0 amide bonds. The number of hydrogen-bond acceptors (Lipinski definition) is 3. The number of carbonyl (C=O) groups excluding carboxylic acids is 1. The summed E-state index contributed by atoms with van der Waals surface area (Å²) in [6, 6.07) is 3.77. The molecule has 20 heavy (non-hydrogen) atoms. The predicted octanol–water partition coefficient (Wildman–Crippen LogP) is 2.62. The first-order valence-electron chi connectivity index (χ1n) is 7.08. The smallest absolute Gasteiger partial charge is 0.184 e. The van der Waals surface area contributed by atoms with Crippen LogP contribution in [-0.2, 0) is 11.2 Å². The van der Waals surface area contributed by atoms with Crippen LogP contribution in [-0.4, -0.2) is 22.1 Å². The number of hydrogen-bond donors (Lipinski definition) is 2. The van der Waals surface area contributed by atoms with Crippen LogP contribution in [0.4, 0.5) is 0 Å². The number of benzene rings is 1. The maximum atomic E-state index is 12.0. The van der Waals surface area contributed by atoms with E-state index in [1.54, 1.807) is 12.1 Å². The normalized spacial score (nSPS) is 27.6. The fraction of sp³-hybridized carbons (Fsp3) is 0.471. The van der Waals surface area contributed by atoms with Crippen LogP contribution in [0.2, 0.25) is 0 Å². The van der Waals surface area contributed by atoms with E-state index in [0.717, 1.165) is 29.5 Å². The molecule has 2 aliphatic carbocycles. The van der Waals surface area contributed by atoms with Gasteiger partial charge in [0.1, 0.15) is 11.9 Å². The number of phenols is 1. The van der Waals surface area contributed by atoms with E-state index in [9.17, 15) is 15.0 Å². The predicted molar refractivity (Wildman–Crippen MR) is 77.4 cm³/mol. The SMILES string of the molecule is Cc1cc2c(cc1O)C1=CC(=O)[C@H](O)C(C)(C)[C@H]1CC2. The maximum Gasteiger partial charge on any atom is 0.184 e. The highest BCUT2D eigenvalue weighted by atomic mass is 16.3. The van der Waals surface area contributed by atoms with Gasteiger partial charge in [-0.2, -0.15) is 0 Å². The summed E-state index contributed by atoms with van der Waals surface area (Å²) in [5, 5.41) is 20.1. The number of ketones is 1. The lowest BCUT2D eigenvalue weighted by molar-refractivity contribution is -0.130. The van der Waals surface area contributed by atoms with E-state index in [-0.39, 0.29) is 17.5 Å². The van der Waals surface area contributed by atoms with Crippen molar-refractivity contribution in [3.8, 4) is 5.75 Å². The second kappa shape index (κ2) is 4.19. The Morgan fingerprint density at radius 2 is 2.00 bits per heavy atom. The van der Waals surface area contributed by atoms with Crippen molar-refractivity contribution in [2.24, 2.45) is 11.3 Å². The van der Waals surface area contributed by atoms with Gasteiger partial charge < -0.3 is 10.2 Å². The topological polar surface area (TPSA) is 57.5 Å². The first-order chi connectivity index (χ1) is 9.32. The van der Waals surface area contributed by atoms with E-state index in [1.807, 2.05) is 26.8 Å². The van der Waals surface area contributed by atoms with Crippen molar-refractivity contribution in [2.45, 2.75) is 39.7 Å². The van der Waals surface area contributed by atoms with Crippen molar-refractivity contribution < 1.29 is 15.0 Å². The van der Waals surface area contributed by atoms with Gasteiger partial charge in [0.25, 0.3) is 0 Å². The Kier molecular flexibility index (Phi) is 2.80. The highest BCUT2D eigenvalue weighted by Gasteiger charge is 2.46. The zero-order valence-electron chi connectivity index (χ0n) is 12.1. The van der Waals surface area contributed by atoms with Crippen LogP contribution < -0.4 is 0 Å². The van der Waals surface area contributed by atoms with Crippen molar-refractivity contribution in [3.63, 3.8) is 0 Å². The Morgan fingerprint density at radius 1 is 1.30 bits per heavy atom. The molecule has 2 aliphatic rings. The van der Waals surface area contributed by atoms with Crippen LogP contribution in [0, 0.1) is 18.3 Å². The van der Waals surface area contributed by atoms with Crippen LogP contribution in [0.1, 0.15) is 37.0 Å². The Hall–Kier alpha value is -1.61. The summed E-state index contributed by atoms with van der Waals surface area (Å²) < 4.78 is 0. The first kappa shape index (κ1) is 13.4. The maximum absolute atomic E-state index is 12.0. The molecular weight excluding hydrogens is 252 g/mol. The highest BCUT2D eigenvalue weighted by Crippen LogP contribution is 2.50. The minimum atomic E-state index is -0.933. The number of phenolic OH excluding ortho intramolecular Hbond substituents is 1. The number of aromatic hydroxyl groups is 1. The molecule has 0 fully saturated rings. The lowest BCUT2D eigenvalue weighted by atomic mass is 9.60. The minimum absolute atomic E-state index is 0.157. The van der Waals surface area contributed by atoms with E-state index in [0.29, 0.717) is 0 Å². The third kappa shape index (κ3) is 1.73. The second-order valence-electron chi connectivity index (χ2n) is 6.61. The average Bonchev–Trinajstić information content (AvgIpc) is 2.38. The lowest BCUT2D eigenvalue weighted by Crippen LogP contribution is -2.46. The number of aliphatic hydroxyl groups excluding tert-OH is 1. The van der Waals surface area contributed by atoms with E-state index < -0.39 is 11.5 Å². The molecule has 0 spiro atoms. The molecule has 1 aromatic rings. The fourth-order valence-electron chi connectivity index (χ4n) is 3.62. The number of allylic oxidation sites excluding steroid dienone is 1. The van der Waals surface area contributed by atoms with E-state index in [4.69, 9.17) is 0 Å². The van der Waals surface area contributed by atoms with Crippen molar-refractivity contribution in [2.75, 3.05) is 0 Å². The van der Waals surface area contributed by atoms with E-state index >= 15 is 0 Å². The summed E-state index contributed by atoms with van der Waals surface area (Å²) in [6.45, 7) is 5.79. The minimum Gasteiger partial charge on any atom is -0.508 e. The van der Waals surface area contributed by atoms with Gasteiger partial charge in [-0.05, 0) is 60.1 Å². The molecule has 0 bridgehead atoms. The summed E-state index contributed by atoms with van der Waals surface area (Å²) in [4.78, 5) is 12.0. The summed E-state index contributed by atoms with van der Waals surface area (Å²) in [5.74, 6) is 0.195. The Labute approximate surface area is 118 Å². The largest absolute Gasteiger partial charge is 0.508 e. The molecule has 106 valence electrons. The van der Waals surface area contributed by atoms with Gasteiger partial charge in [-0.3, -0.25) is 4.79 Å². The van der Waals surface area contributed by atoms with Gasteiger partial charge in [-0.25, -0.2) is 0 Å². The van der Waals surface area contributed by atoms with Gasteiger partial charge in [-0.15, -0.1) is 0 Å². The quantitative estimate of drug-likeness (QED) is 0.763. The Bertz CT molecular complexity index is 625. The molecule has 0 saturated carbocycles. The number of aryl methyl sites for hydroxylation is 2. The molecule has 1 aromatic carbocycles. The zero-order valence-corrected chi connectivity index (χ0v) is 12.1. The molecule has 0 unspecified atom stereocenters. The molecule has 0 heterocycles. The number of carbonyl (C=O) groups is 1. The van der Waals surface area contributed by atoms with Gasteiger partial charge >= 0.3 is 0 Å². The molecule has 3 nitrogen and oxygen atoms in total. The van der Waals surface area contributed by atoms with Crippen molar-refractivity contribution >= 4 is 11.4 Å². The van der Waals surface area contributed by atoms with Crippen molar-refractivity contribution in [1.29, 1.82) is 0 Å². The molecular formula is C17H20O3. The van der Waals surface area contributed by atoms with Gasteiger partial charge in [0.05, 0.1) is 0 Å². The summed E-state index contributed by atoms with van der Waals surface area (Å²) >= 11 is 0. The molecule has 0 saturated heterocycles. The summed E-state index contributed by atoms with van der Waals surface area (Å²) in [7, 11) is 0. The molecule has 2 N–H and O–H groups in total. The molecule has 2 atom stereocenters. The number of rotatable bonds is 0. The van der Waals surface area contributed by atoms with Crippen LogP contribution in [0.15, 0.2) is 18.2 Å². The van der Waals surface area contributed by atoms with Crippen LogP contribution >= 0.6 is 0 Å². The van der Waals surface area contributed by atoms with Crippen molar-refractivity contribution in [3.05, 3.63) is 34.9 Å². The van der Waals surface area contributed by atoms with Crippen molar-refractivity contribution in [1.82, 2.24) is 0 Å². The van der Waals surface area contributed by atoms with Gasteiger partial charge in [-0.1, -0.05) is 19.9 Å². The standard InChI is InChI=1S/C17H20O3/c1-9-6-10-4-5-13-12(11(10)7-14(9)18)8-15(19)16(20)17(13,2)3/h6-8,13,16,18,20H,4-5H2,1-3H3/t13-,16-/m0/s1. The third-order valence-corrected chi connectivity index (χ3v) is 4.98. The number of fused-ring (bicyclic) bond motifs is 3. The summed E-state index contributed by atoms with van der Waals surface area (Å²) in [6.07, 6.45) is 2.49. The van der Waals surface area contributed by atoms with E-state index in [2.05, 4.69) is 0 Å². The summed E-state index contributed by atoms with van der Waals surface area (Å²) in [5.41, 5.74) is 3.53. The first-order valence-corrected chi connectivity index (χ1v) is 7.08. The van der Waals surface area contributed by atoms with Gasteiger partial charge in [0, 0.05) is 5.41 Å². The Morgan fingerprint density at radius 3 is 2.70 bits per heavy atom.